The molecule has 19 heavy (non-hydrogen) atoms. The van der Waals surface area contributed by atoms with Crippen LogP contribution in [0.3, 0.4) is 0 Å². The van der Waals surface area contributed by atoms with Gasteiger partial charge >= 0.3 is 0 Å². The highest BCUT2D eigenvalue weighted by Crippen LogP contribution is 2.23. The molecule has 1 amide bonds. The zero-order valence-corrected chi connectivity index (χ0v) is 12.7. The molecule has 0 saturated carbocycles. The first kappa shape index (κ1) is 14.7. The van der Waals surface area contributed by atoms with Crippen LogP contribution in [-0.2, 0) is 11.2 Å². The summed E-state index contributed by atoms with van der Waals surface area (Å²) >= 11 is 11.8. The minimum atomic E-state index is 0.248. The first-order valence-corrected chi connectivity index (χ1v) is 7.53. The van der Waals surface area contributed by atoms with Crippen molar-refractivity contribution >= 4 is 29.1 Å². The molecular formula is C15H19Cl2NO. The summed E-state index contributed by atoms with van der Waals surface area (Å²) in [5, 5.41) is 1.11. The van der Waals surface area contributed by atoms with Gasteiger partial charge in [0.15, 0.2) is 0 Å². The van der Waals surface area contributed by atoms with Crippen molar-refractivity contribution in [2.24, 2.45) is 5.92 Å². The molecule has 1 atom stereocenters. The van der Waals surface area contributed by atoms with Crippen LogP contribution >= 0.6 is 23.2 Å². The van der Waals surface area contributed by atoms with E-state index in [2.05, 4.69) is 6.92 Å². The Balaban J connectivity index is 1.87. The first-order chi connectivity index (χ1) is 9.06. The highest BCUT2D eigenvalue weighted by Gasteiger charge is 2.20. The molecule has 0 aliphatic carbocycles. The van der Waals surface area contributed by atoms with Gasteiger partial charge in [0.25, 0.3) is 0 Å². The fourth-order valence-electron chi connectivity index (χ4n) is 2.52. The maximum atomic E-state index is 12.1. The quantitative estimate of drug-likeness (QED) is 0.820. The summed E-state index contributed by atoms with van der Waals surface area (Å²) in [6, 6.07) is 5.56. The fraction of sp³-hybridized carbons (Fsp3) is 0.533. The molecule has 1 aromatic carbocycles. The Morgan fingerprint density at radius 3 is 2.84 bits per heavy atom. The van der Waals surface area contributed by atoms with Gasteiger partial charge in [-0.15, -0.1) is 0 Å². The van der Waals surface area contributed by atoms with Crippen LogP contribution in [0.15, 0.2) is 18.2 Å². The maximum absolute atomic E-state index is 12.1. The van der Waals surface area contributed by atoms with Crippen LogP contribution < -0.4 is 0 Å². The topological polar surface area (TPSA) is 20.3 Å². The summed E-state index contributed by atoms with van der Waals surface area (Å²) in [6.45, 7) is 4.02. The number of likely N-dealkylation sites (tertiary alicyclic amines) is 1. The van der Waals surface area contributed by atoms with Crippen molar-refractivity contribution in [2.75, 3.05) is 13.1 Å². The second kappa shape index (κ2) is 6.62. The lowest BCUT2D eigenvalue weighted by molar-refractivity contribution is -0.132. The number of aryl methyl sites for hydroxylation is 1. The van der Waals surface area contributed by atoms with Gasteiger partial charge in [0.05, 0.1) is 10.0 Å². The minimum Gasteiger partial charge on any atom is -0.342 e. The Hall–Kier alpha value is -0.730. The van der Waals surface area contributed by atoms with Crippen molar-refractivity contribution in [3.8, 4) is 0 Å². The monoisotopic (exact) mass is 299 g/mol. The number of hydrogen-bond acceptors (Lipinski definition) is 1. The number of halogens is 2. The van der Waals surface area contributed by atoms with Crippen LogP contribution in [0.5, 0.6) is 0 Å². The Kier molecular flexibility index (Phi) is 5.12. The smallest absolute Gasteiger partial charge is 0.222 e. The molecule has 0 bridgehead atoms. The SMILES string of the molecule is CC1CCCN(C(=O)CCc2ccc(Cl)c(Cl)c2)C1. The second-order valence-corrected chi connectivity index (χ2v) is 6.15. The van der Waals surface area contributed by atoms with Crippen LogP contribution in [0.25, 0.3) is 0 Å². The van der Waals surface area contributed by atoms with Crippen molar-refractivity contribution in [2.45, 2.75) is 32.6 Å². The zero-order chi connectivity index (χ0) is 13.8. The van der Waals surface area contributed by atoms with E-state index in [0.717, 1.165) is 31.5 Å². The van der Waals surface area contributed by atoms with Crippen molar-refractivity contribution in [1.29, 1.82) is 0 Å². The highest BCUT2D eigenvalue weighted by atomic mass is 35.5. The number of carbonyl (C=O) groups is 1. The molecule has 1 heterocycles. The maximum Gasteiger partial charge on any atom is 0.222 e. The highest BCUT2D eigenvalue weighted by molar-refractivity contribution is 6.42. The van der Waals surface area contributed by atoms with E-state index in [9.17, 15) is 4.79 Å². The van der Waals surface area contributed by atoms with Gasteiger partial charge in [0.2, 0.25) is 5.91 Å². The van der Waals surface area contributed by atoms with Gasteiger partial charge in [0, 0.05) is 19.5 Å². The summed E-state index contributed by atoms with van der Waals surface area (Å²) in [5.74, 6) is 0.875. The number of benzene rings is 1. The third-order valence-corrected chi connectivity index (χ3v) is 4.36. The molecule has 0 spiro atoms. The van der Waals surface area contributed by atoms with Gasteiger partial charge in [-0.2, -0.15) is 0 Å². The molecule has 1 aliphatic rings. The summed E-state index contributed by atoms with van der Waals surface area (Å²) < 4.78 is 0. The van der Waals surface area contributed by atoms with E-state index >= 15 is 0 Å². The number of carbonyl (C=O) groups excluding carboxylic acids is 1. The van der Waals surface area contributed by atoms with Crippen molar-refractivity contribution in [3.63, 3.8) is 0 Å². The molecule has 4 heteroatoms. The fourth-order valence-corrected chi connectivity index (χ4v) is 2.84. The van der Waals surface area contributed by atoms with Crippen LogP contribution in [0.1, 0.15) is 31.7 Å². The summed E-state index contributed by atoms with van der Waals surface area (Å²) in [5.41, 5.74) is 1.06. The molecule has 1 saturated heterocycles. The van der Waals surface area contributed by atoms with Gasteiger partial charge in [-0.1, -0.05) is 36.2 Å². The molecule has 1 aromatic rings. The standard InChI is InChI=1S/C15H19Cl2NO/c1-11-3-2-8-18(10-11)15(19)7-5-12-4-6-13(16)14(17)9-12/h4,6,9,11H,2-3,5,7-8,10H2,1H3. The number of hydrogen-bond donors (Lipinski definition) is 0. The Morgan fingerprint density at radius 2 is 2.16 bits per heavy atom. The Labute approximate surface area is 124 Å². The molecule has 2 nitrogen and oxygen atoms in total. The first-order valence-electron chi connectivity index (χ1n) is 6.78. The van der Waals surface area contributed by atoms with E-state index in [-0.39, 0.29) is 5.91 Å². The van der Waals surface area contributed by atoms with Gasteiger partial charge in [-0.05, 0) is 42.9 Å². The Morgan fingerprint density at radius 1 is 1.37 bits per heavy atom. The molecule has 1 unspecified atom stereocenters. The summed E-state index contributed by atoms with van der Waals surface area (Å²) in [4.78, 5) is 14.1. The second-order valence-electron chi connectivity index (χ2n) is 5.34. The van der Waals surface area contributed by atoms with Crippen molar-refractivity contribution in [3.05, 3.63) is 33.8 Å². The molecule has 0 N–H and O–H groups in total. The predicted molar refractivity (Wildman–Crippen MR) is 79.8 cm³/mol. The van der Waals surface area contributed by atoms with Gasteiger partial charge in [-0.3, -0.25) is 4.79 Å². The van der Waals surface area contributed by atoms with Crippen molar-refractivity contribution < 1.29 is 4.79 Å². The summed E-state index contributed by atoms with van der Waals surface area (Å²) in [7, 11) is 0. The van der Waals surface area contributed by atoms with Gasteiger partial charge in [-0.25, -0.2) is 0 Å². The molecule has 2 rings (SSSR count). The molecule has 104 valence electrons. The largest absolute Gasteiger partial charge is 0.342 e. The van der Waals surface area contributed by atoms with Crippen LogP contribution in [-0.4, -0.2) is 23.9 Å². The lowest BCUT2D eigenvalue weighted by atomic mass is 9.99. The lowest BCUT2D eigenvalue weighted by Crippen LogP contribution is -2.39. The lowest BCUT2D eigenvalue weighted by Gasteiger charge is -2.31. The van der Waals surface area contributed by atoms with E-state index in [0.29, 0.717) is 22.4 Å². The average Bonchev–Trinajstić information content (AvgIpc) is 2.40. The number of piperidine rings is 1. The number of nitrogens with zero attached hydrogens (tertiary/aromatic N) is 1. The zero-order valence-electron chi connectivity index (χ0n) is 11.2. The predicted octanol–water partition coefficient (Wildman–Crippen LogP) is 4.18. The van der Waals surface area contributed by atoms with Crippen molar-refractivity contribution in [1.82, 2.24) is 4.90 Å². The molecular weight excluding hydrogens is 281 g/mol. The van der Waals surface area contributed by atoms with E-state index in [1.54, 1.807) is 6.07 Å². The molecule has 0 radical (unpaired) electrons. The average molecular weight is 300 g/mol. The Bertz CT molecular complexity index is 461. The van der Waals surface area contributed by atoms with Crippen LogP contribution in [0, 0.1) is 5.92 Å². The molecule has 1 aliphatic heterocycles. The van der Waals surface area contributed by atoms with Gasteiger partial charge < -0.3 is 4.90 Å². The van der Waals surface area contributed by atoms with Crippen LogP contribution in [0.2, 0.25) is 10.0 Å². The van der Waals surface area contributed by atoms with E-state index < -0.39 is 0 Å². The number of amides is 1. The minimum absolute atomic E-state index is 0.248. The van der Waals surface area contributed by atoms with Gasteiger partial charge in [0.1, 0.15) is 0 Å². The molecule has 0 aromatic heterocycles. The third kappa shape index (κ3) is 4.12. The summed E-state index contributed by atoms with van der Waals surface area (Å²) in [6.07, 6.45) is 3.63. The molecule has 1 fully saturated rings. The van der Waals surface area contributed by atoms with E-state index in [1.165, 1.54) is 6.42 Å². The van der Waals surface area contributed by atoms with Crippen LogP contribution in [0.4, 0.5) is 0 Å². The normalized spacial score (nSPS) is 19.5. The number of rotatable bonds is 3. The third-order valence-electron chi connectivity index (χ3n) is 3.62. The van der Waals surface area contributed by atoms with E-state index in [1.807, 2.05) is 17.0 Å². The van der Waals surface area contributed by atoms with E-state index in [4.69, 9.17) is 23.2 Å².